The normalized spacial score (nSPS) is 14.9. The highest BCUT2D eigenvalue weighted by molar-refractivity contribution is 8.00. The molecule has 0 fully saturated rings. The van der Waals surface area contributed by atoms with Crippen molar-refractivity contribution in [2.75, 3.05) is 12.9 Å². The van der Waals surface area contributed by atoms with Crippen molar-refractivity contribution in [2.45, 2.75) is 48.5 Å². The first-order chi connectivity index (χ1) is 21.4. The van der Waals surface area contributed by atoms with E-state index in [0.717, 1.165) is 40.1 Å². The summed E-state index contributed by atoms with van der Waals surface area (Å²) < 4.78 is 14.0. The largest absolute Gasteiger partial charge is 0.487 e. The average Bonchev–Trinajstić information content (AvgIpc) is 3.32. The number of ether oxygens (including phenoxy) is 2. The van der Waals surface area contributed by atoms with E-state index in [2.05, 4.69) is 58.9 Å². The molecule has 2 unspecified atom stereocenters. The summed E-state index contributed by atoms with van der Waals surface area (Å²) in [5, 5.41) is 11.8. The van der Waals surface area contributed by atoms with Gasteiger partial charge < -0.3 is 19.1 Å². The van der Waals surface area contributed by atoms with Gasteiger partial charge in [0.05, 0.1) is 11.2 Å². The van der Waals surface area contributed by atoms with E-state index in [-0.39, 0.29) is 0 Å². The van der Waals surface area contributed by atoms with Crippen LogP contribution >= 0.6 is 35.1 Å². The van der Waals surface area contributed by atoms with E-state index in [4.69, 9.17) is 21.1 Å². The molecule has 0 aliphatic carbocycles. The lowest BCUT2D eigenvalue weighted by molar-refractivity contribution is -0.146. The van der Waals surface area contributed by atoms with Gasteiger partial charge in [0, 0.05) is 68.7 Å². The summed E-state index contributed by atoms with van der Waals surface area (Å²) in [5.41, 5.74) is 7.79. The van der Waals surface area contributed by atoms with Gasteiger partial charge in [0.15, 0.2) is 6.10 Å². The van der Waals surface area contributed by atoms with Crippen LogP contribution in [0.25, 0.3) is 22.0 Å². The molecule has 3 heterocycles. The average molecular weight is 645 g/mol. The van der Waals surface area contributed by atoms with E-state index in [1.54, 1.807) is 11.8 Å². The Labute approximate surface area is 270 Å². The Hall–Kier alpha value is -3.43. The van der Waals surface area contributed by atoms with Crippen molar-refractivity contribution in [1.29, 1.82) is 0 Å². The number of benzene rings is 3. The summed E-state index contributed by atoms with van der Waals surface area (Å²) in [4.78, 5) is 17.5. The zero-order chi connectivity index (χ0) is 30.6. The number of carboxylic acid groups (broad SMARTS) is 1. The number of thioether (sulfide) groups is 2. The van der Waals surface area contributed by atoms with Gasteiger partial charge in [-0.2, -0.15) is 11.8 Å². The van der Waals surface area contributed by atoms with E-state index in [9.17, 15) is 9.90 Å². The van der Waals surface area contributed by atoms with Crippen molar-refractivity contribution >= 4 is 52.0 Å². The van der Waals surface area contributed by atoms with Crippen LogP contribution in [-0.4, -0.2) is 44.8 Å². The summed E-state index contributed by atoms with van der Waals surface area (Å²) in [6, 6.07) is 26.5. The maximum Gasteiger partial charge on any atom is 0.333 e. The molecule has 0 radical (unpaired) electrons. The summed E-state index contributed by atoms with van der Waals surface area (Å²) in [5.74, 6) is 0.968. The third-order valence-electron chi connectivity index (χ3n) is 7.79. The highest BCUT2D eigenvalue weighted by Gasteiger charge is 2.29. The maximum atomic E-state index is 11.6. The molecule has 2 atom stereocenters. The number of pyridine rings is 1. The maximum absolute atomic E-state index is 11.6. The van der Waals surface area contributed by atoms with Gasteiger partial charge in [0.1, 0.15) is 12.4 Å². The number of methoxy groups -OCH3 is 1. The quantitative estimate of drug-likeness (QED) is 0.146. The van der Waals surface area contributed by atoms with Crippen LogP contribution in [-0.2, 0) is 34.9 Å². The zero-order valence-electron chi connectivity index (χ0n) is 24.5. The van der Waals surface area contributed by atoms with Crippen molar-refractivity contribution < 1.29 is 19.4 Å². The van der Waals surface area contributed by atoms with E-state index in [0.29, 0.717) is 34.9 Å². The molecule has 0 saturated carbocycles. The summed E-state index contributed by atoms with van der Waals surface area (Å²) in [7, 11) is 1.44. The Morgan fingerprint density at radius 3 is 2.59 bits per heavy atom. The standard InChI is InChI=1S/C35H33ClN2O4S2/c1-22-16-28-31(42-19-27-13-10-25(17-37-27)24-6-4-3-5-7-24)15-14-29-33(28)34(44-22)30(20-43-21-32(41-2)35(39)40)38(29)18-23-8-11-26(36)12-9-23/h3-15,17,22,32H,16,18-21H2,1-2H3,(H,39,40). The predicted molar refractivity (Wildman–Crippen MR) is 180 cm³/mol. The Kier molecular flexibility index (Phi) is 9.52. The van der Waals surface area contributed by atoms with Gasteiger partial charge in [0.2, 0.25) is 0 Å². The number of aliphatic carboxylic acids is 1. The molecule has 5 aromatic rings. The second-order valence-electron chi connectivity index (χ2n) is 10.8. The molecule has 0 saturated heterocycles. The molecule has 3 aromatic carbocycles. The van der Waals surface area contributed by atoms with Crippen LogP contribution in [0.5, 0.6) is 5.75 Å². The first-order valence-corrected chi connectivity index (χ1v) is 16.9. The van der Waals surface area contributed by atoms with Crippen LogP contribution in [0, 0.1) is 0 Å². The molecule has 226 valence electrons. The monoisotopic (exact) mass is 644 g/mol. The minimum Gasteiger partial charge on any atom is -0.487 e. The Balaban J connectivity index is 1.32. The molecule has 2 aromatic heterocycles. The molecule has 9 heteroatoms. The minimum absolute atomic E-state index is 0.361. The highest BCUT2D eigenvalue weighted by atomic mass is 35.5. The summed E-state index contributed by atoms with van der Waals surface area (Å²) in [6.07, 6.45) is 1.95. The number of carboxylic acids is 1. The van der Waals surface area contributed by atoms with Crippen molar-refractivity contribution in [1.82, 2.24) is 9.55 Å². The van der Waals surface area contributed by atoms with E-state index >= 15 is 0 Å². The third-order valence-corrected chi connectivity index (χ3v) is 10.3. The van der Waals surface area contributed by atoms with Crippen LogP contribution < -0.4 is 4.74 Å². The molecule has 1 aliphatic rings. The fourth-order valence-corrected chi connectivity index (χ4v) is 8.20. The third kappa shape index (κ3) is 6.64. The highest BCUT2D eigenvalue weighted by Crippen LogP contribution is 2.47. The number of rotatable bonds is 12. The lowest BCUT2D eigenvalue weighted by atomic mass is 10.0. The van der Waals surface area contributed by atoms with Crippen molar-refractivity contribution in [3.8, 4) is 16.9 Å². The van der Waals surface area contributed by atoms with Gasteiger partial charge in [-0.25, -0.2) is 4.79 Å². The smallest absolute Gasteiger partial charge is 0.333 e. The van der Waals surface area contributed by atoms with E-state index in [1.165, 1.54) is 28.6 Å². The van der Waals surface area contributed by atoms with Crippen LogP contribution in [0.4, 0.5) is 0 Å². The molecule has 1 N–H and O–H groups in total. The number of halogens is 1. The van der Waals surface area contributed by atoms with Crippen molar-refractivity contribution in [3.05, 3.63) is 113 Å². The molecular formula is C35H33ClN2O4S2. The summed E-state index contributed by atoms with van der Waals surface area (Å²) >= 11 is 9.65. The SMILES string of the molecule is COC(CSCc1c2c3c(c(OCc4ccc(-c5ccccc5)cn4)ccc3n1Cc1ccc(Cl)cc1)CC(C)S2)C(=O)O. The van der Waals surface area contributed by atoms with Crippen LogP contribution in [0.15, 0.2) is 90.0 Å². The second-order valence-corrected chi connectivity index (χ2v) is 13.7. The van der Waals surface area contributed by atoms with Crippen LogP contribution in [0.1, 0.15) is 29.4 Å². The molecule has 0 spiro atoms. The van der Waals surface area contributed by atoms with Crippen LogP contribution in [0.2, 0.25) is 5.02 Å². The lowest BCUT2D eigenvalue weighted by Gasteiger charge is -2.22. The molecule has 44 heavy (non-hydrogen) atoms. The lowest BCUT2D eigenvalue weighted by Crippen LogP contribution is -2.25. The van der Waals surface area contributed by atoms with Gasteiger partial charge in [0.25, 0.3) is 0 Å². The minimum atomic E-state index is -0.945. The molecule has 0 amide bonds. The van der Waals surface area contributed by atoms with Gasteiger partial charge in [-0.1, -0.05) is 67.1 Å². The Morgan fingerprint density at radius 1 is 1.09 bits per heavy atom. The predicted octanol–water partition coefficient (Wildman–Crippen LogP) is 8.35. The molecule has 6 nitrogen and oxygen atoms in total. The molecular weight excluding hydrogens is 612 g/mol. The number of hydrogen-bond acceptors (Lipinski definition) is 6. The van der Waals surface area contributed by atoms with Gasteiger partial charge in [-0.05, 0) is 47.9 Å². The molecule has 0 bridgehead atoms. The first-order valence-electron chi connectivity index (χ1n) is 14.5. The van der Waals surface area contributed by atoms with Crippen LogP contribution in [0.3, 0.4) is 0 Å². The van der Waals surface area contributed by atoms with E-state index < -0.39 is 12.1 Å². The Bertz CT molecular complexity index is 1760. The molecule has 6 rings (SSSR count). The second kappa shape index (κ2) is 13.7. The zero-order valence-corrected chi connectivity index (χ0v) is 26.9. The topological polar surface area (TPSA) is 73.6 Å². The number of aromatic nitrogens is 2. The number of hydrogen-bond donors (Lipinski definition) is 1. The van der Waals surface area contributed by atoms with Gasteiger partial charge >= 0.3 is 5.97 Å². The van der Waals surface area contributed by atoms with E-state index in [1.807, 2.05) is 54.4 Å². The number of nitrogens with zero attached hydrogens (tertiary/aromatic N) is 2. The molecule has 1 aliphatic heterocycles. The van der Waals surface area contributed by atoms with Gasteiger partial charge in [-0.15, -0.1) is 11.8 Å². The van der Waals surface area contributed by atoms with Gasteiger partial charge in [-0.3, -0.25) is 4.98 Å². The fraction of sp³-hybridized carbons (Fsp3) is 0.257. The first kappa shape index (κ1) is 30.6. The fourth-order valence-electron chi connectivity index (χ4n) is 5.56. The van der Waals surface area contributed by atoms with Crippen molar-refractivity contribution in [2.24, 2.45) is 0 Å². The summed E-state index contributed by atoms with van der Waals surface area (Å²) in [6.45, 7) is 3.31. The van der Waals surface area contributed by atoms with Crippen molar-refractivity contribution in [3.63, 3.8) is 0 Å². The number of carbonyl (C=O) groups is 1. The Morgan fingerprint density at radius 2 is 1.89 bits per heavy atom.